The number of amides is 1. The molecule has 6 heteroatoms. The molecule has 0 aliphatic carbocycles. The van der Waals surface area contributed by atoms with Crippen molar-refractivity contribution < 1.29 is 14.3 Å². The van der Waals surface area contributed by atoms with Crippen molar-refractivity contribution in [1.82, 2.24) is 0 Å². The zero-order valence-corrected chi connectivity index (χ0v) is 12.9. The van der Waals surface area contributed by atoms with E-state index in [1.807, 2.05) is 24.3 Å². The van der Waals surface area contributed by atoms with Gasteiger partial charge in [-0.15, -0.1) is 0 Å². The highest BCUT2D eigenvalue weighted by Crippen LogP contribution is 2.12. The summed E-state index contributed by atoms with van der Waals surface area (Å²) in [5.41, 5.74) is 0.786. The maximum Gasteiger partial charge on any atom is 0.306 e. The van der Waals surface area contributed by atoms with Crippen LogP contribution in [-0.4, -0.2) is 30.5 Å². The van der Waals surface area contributed by atoms with Crippen molar-refractivity contribution in [2.24, 2.45) is 0 Å². The lowest BCUT2D eigenvalue weighted by molar-refractivity contribution is -0.140. The van der Waals surface area contributed by atoms with Crippen molar-refractivity contribution in [2.75, 3.05) is 23.9 Å². The SMILES string of the molecule is COC(=O)CCSCC(=O)Nc1ccc(I)cc1. The zero-order valence-electron chi connectivity index (χ0n) is 9.94. The molecule has 0 atom stereocenters. The van der Waals surface area contributed by atoms with Crippen molar-refractivity contribution in [3.05, 3.63) is 27.8 Å². The first-order valence-electron chi connectivity index (χ1n) is 5.32. The molecule has 0 aliphatic heterocycles. The monoisotopic (exact) mass is 379 g/mol. The van der Waals surface area contributed by atoms with Gasteiger partial charge in [0.2, 0.25) is 5.91 Å². The van der Waals surface area contributed by atoms with Crippen molar-refractivity contribution in [1.29, 1.82) is 0 Å². The number of thioether (sulfide) groups is 1. The van der Waals surface area contributed by atoms with E-state index in [9.17, 15) is 9.59 Å². The van der Waals surface area contributed by atoms with Crippen LogP contribution in [0.3, 0.4) is 0 Å². The Balaban J connectivity index is 2.21. The molecule has 0 saturated carbocycles. The van der Waals surface area contributed by atoms with E-state index >= 15 is 0 Å². The standard InChI is InChI=1S/C12H14INO3S/c1-17-12(16)6-7-18-8-11(15)14-10-4-2-9(13)3-5-10/h2-5H,6-8H2,1H3,(H,14,15). The first-order chi connectivity index (χ1) is 8.61. The number of carbonyl (C=O) groups is 2. The molecule has 1 aromatic rings. The number of halogens is 1. The predicted molar refractivity (Wildman–Crippen MR) is 81.7 cm³/mol. The van der Waals surface area contributed by atoms with Crippen LogP contribution in [0.4, 0.5) is 5.69 Å². The van der Waals surface area contributed by atoms with Gasteiger partial charge >= 0.3 is 5.97 Å². The zero-order chi connectivity index (χ0) is 13.4. The smallest absolute Gasteiger partial charge is 0.306 e. The number of ether oxygens (including phenoxy) is 1. The Morgan fingerprint density at radius 3 is 2.61 bits per heavy atom. The molecule has 0 radical (unpaired) electrons. The van der Waals surface area contributed by atoms with E-state index in [-0.39, 0.29) is 11.9 Å². The number of hydrogen-bond acceptors (Lipinski definition) is 4. The lowest BCUT2D eigenvalue weighted by atomic mass is 10.3. The summed E-state index contributed by atoms with van der Waals surface area (Å²) in [6.45, 7) is 0. The summed E-state index contributed by atoms with van der Waals surface area (Å²) in [5, 5.41) is 2.79. The third-order valence-electron chi connectivity index (χ3n) is 2.04. The molecule has 4 nitrogen and oxygen atoms in total. The summed E-state index contributed by atoms with van der Waals surface area (Å²) in [7, 11) is 1.36. The van der Waals surface area contributed by atoms with E-state index in [0.717, 1.165) is 9.26 Å². The lowest BCUT2D eigenvalue weighted by Gasteiger charge is -2.05. The van der Waals surface area contributed by atoms with Gasteiger partial charge < -0.3 is 10.1 Å². The fourth-order valence-corrected chi connectivity index (χ4v) is 2.23. The van der Waals surface area contributed by atoms with Crippen molar-refractivity contribution >= 4 is 51.9 Å². The number of esters is 1. The Hall–Kier alpha value is -0.760. The van der Waals surface area contributed by atoms with Crippen LogP contribution < -0.4 is 5.32 Å². The van der Waals surface area contributed by atoms with Crippen LogP contribution in [0.15, 0.2) is 24.3 Å². The summed E-state index contributed by atoms with van der Waals surface area (Å²) in [6.07, 6.45) is 0.331. The second-order valence-corrected chi connectivity index (χ2v) is 5.78. The summed E-state index contributed by atoms with van der Waals surface area (Å²) >= 11 is 3.62. The molecule has 0 aliphatic rings. The van der Waals surface area contributed by atoms with Gasteiger partial charge in [-0.3, -0.25) is 9.59 Å². The topological polar surface area (TPSA) is 55.4 Å². The minimum atomic E-state index is -0.249. The Labute approximate surface area is 124 Å². The van der Waals surface area contributed by atoms with E-state index in [2.05, 4.69) is 32.6 Å². The molecule has 0 spiro atoms. The van der Waals surface area contributed by atoms with Gasteiger partial charge in [0.05, 0.1) is 19.3 Å². The minimum absolute atomic E-state index is 0.0638. The van der Waals surface area contributed by atoms with E-state index in [0.29, 0.717) is 17.9 Å². The summed E-state index contributed by atoms with van der Waals surface area (Å²) in [4.78, 5) is 22.4. The fourth-order valence-electron chi connectivity index (χ4n) is 1.15. The molecule has 1 amide bonds. The molecule has 98 valence electrons. The first kappa shape index (κ1) is 15.3. The average molecular weight is 379 g/mol. The van der Waals surface area contributed by atoms with Crippen LogP contribution in [0.25, 0.3) is 0 Å². The van der Waals surface area contributed by atoms with E-state index in [4.69, 9.17) is 0 Å². The summed E-state index contributed by atoms with van der Waals surface area (Å²) in [5.74, 6) is 0.613. The van der Waals surface area contributed by atoms with Gasteiger partial charge in [0.15, 0.2) is 0 Å². The van der Waals surface area contributed by atoms with Crippen LogP contribution in [-0.2, 0) is 14.3 Å². The molecule has 0 saturated heterocycles. The van der Waals surface area contributed by atoms with Gasteiger partial charge in [0.1, 0.15) is 0 Å². The molecule has 1 aromatic carbocycles. The Kier molecular flexibility index (Phi) is 7.11. The number of rotatable bonds is 6. The number of methoxy groups -OCH3 is 1. The third kappa shape index (κ3) is 6.25. The summed E-state index contributed by atoms with van der Waals surface area (Å²) in [6, 6.07) is 7.58. The highest BCUT2D eigenvalue weighted by molar-refractivity contribution is 14.1. The van der Waals surface area contributed by atoms with Gasteiger partial charge in [-0.25, -0.2) is 0 Å². The third-order valence-corrected chi connectivity index (χ3v) is 3.72. The maximum absolute atomic E-state index is 11.6. The van der Waals surface area contributed by atoms with Gasteiger partial charge in [-0.1, -0.05) is 0 Å². The Morgan fingerprint density at radius 1 is 1.33 bits per heavy atom. The first-order valence-corrected chi connectivity index (χ1v) is 7.55. The second kappa shape index (κ2) is 8.36. The fraction of sp³-hybridized carbons (Fsp3) is 0.333. The number of hydrogen-bond donors (Lipinski definition) is 1. The number of benzene rings is 1. The van der Waals surface area contributed by atoms with Gasteiger partial charge in [-0.2, -0.15) is 11.8 Å². The molecule has 0 aromatic heterocycles. The van der Waals surface area contributed by atoms with E-state index in [1.54, 1.807) is 0 Å². The highest BCUT2D eigenvalue weighted by Gasteiger charge is 2.04. The van der Waals surface area contributed by atoms with Gasteiger partial charge in [-0.05, 0) is 46.9 Å². The Bertz CT molecular complexity index is 408. The van der Waals surface area contributed by atoms with Crippen LogP contribution in [0, 0.1) is 3.57 Å². The van der Waals surface area contributed by atoms with Crippen LogP contribution >= 0.6 is 34.4 Å². The number of anilines is 1. The largest absolute Gasteiger partial charge is 0.469 e. The van der Waals surface area contributed by atoms with Crippen LogP contribution in [0.2, 0.25) is 0 Å². The maximum atomic E-state index is 11.6. The molecule has 1 rings (SSSR count). The minimum Gasteiger partial charge on any atom is -0.469 e. The molecule has 18 heavy (non-hydrogen) atoms. The average Bonchev–Trinajstić information content (AvgIpc) is 2.37. The predicted octanol–water partition coefficient (Wildman–Crippen LogP) is 2.53. The van der Waals surface area contributed by atoms with Gasteiger partial charge in [0.25, 0.3) is 0 Å². The molecular formula is C12H14INO3S. The molecule has 0 unspecified atom stereocenters. The van der Waals surface area contributed by atoms with E-state index < -0.39 is 0 Å². The molecule has 0 heterocycles. The van der Waals surface area contributed by atoms with E-state index in [1.165, 1.54) is 18.9 Å². The highest BCUT2D eigenvalue weighted by atomic mass is 127. The van der Waals surface area contributed by atoms with Crippen LogP contribution in [0.1, 0.15) is 6.42 Å². The second-order valence-electron chi connectivity index (χ2n) is 3.43. The van der Waals surface area contributed by atoms with Crippen molar-refractivity contribution in [2.45, 2.75) is 6.42 Å². The molecular weight excluding hydrogens is 365 g/mol. The number of nitrogens with one attached hydrogen (secondary N) is 1. The van der Waals surface area contributed by atoms with Crippen molar-refractivity contribution in [3.8, 4) is 0 Å². The van der Waals surface area contributed by atoms with Crippen molar-refractivity contribution in [3.63, 3.8) is 0 Å². The number of carbonyl (C=O) groups excluding carboxylic acids is 2. The summed E-state index contributed by atoms with van der Waals surface area (Å²) < 4.78 is 5.63. The quantitative estimate of drug-likeness (QED) is 0.469. The Morgan fingerprint density at radius 2 is 2.00 bits per heavy atom. The normalized spacial score (nSPS) is 9.89. The molecule has 0 bridgehead atoms. The van der Waals surface area contributed by atoms with Crippen LogP contribution in [0.5, 0.6) is 0 Å². The van der Waals surface area contributed by atoms with Gasteiger partial charge in [0, 0.05) is 15.0 Å². The lowest BCUT2D eigenvalue weighted by Crippen LogP contribution is -2.14. The molecule has 0 fully saturated rings. The molecule has 1 N–H and O–H groups in total.